The van der Waals surface area contributed by atoms with Gasteiger partial charge in [-0.15, -0.1) is 0 Å². The van der Waals surface area contributed by atoms with Crippen LogP contribution >= 0.6 is 0 Å². The van der Waals surface area contributed by atoms with Crippen molar-refractivity contribution in [1.29, 1.82) is 0 Å². The maximum atomic E-state index is 5.06. The minimum Gasteiger partial charge on any atom is -0.481 e. The van der Waals surface area contributed by atoms with E-state index in [2.05, 4.69) is 49.2 Å². The second-order valence-electron chi connectivity index (χ2n) is 5.68. The van der Waals surface area contributed by atoms with E-state index in [1.54, 1.807) is 7.11 Å². The smallest absolute Gasteiger partial charge is 0.212 e. The number of nitrogens with zero attached hydrogens (tertiary/aromatic N) is 2. The van der Waals surface area contributed by atoms with Gasteiger partial charge in [0.1, 0.15) is 0 Å². The summed E-state index contributed by atoms with van der Waals surface area (Å²) in [4.78, 5) is 6.45. The lowest BCUT2D eigenvalue weighted by Crippen LogP contribution is -2.38. The Hall–Kier alpha value is -1.13. The van der Waals surface area contributed by atoms with Gasteiger partial charge in [-0.2, -0.15) is 0 Å². The average molecular weight is 265 g/mol. The van der Waals surface area contributed by atoms with Crippen LogP contribution in [-0.4, -0.2) is 43.7 Å². The third-order valence-electron chi connectivity index (χ3n) is 2.94. The van der Waals surface area contributed by atoms with E-state index in [0.29, 0.717) is 17.8 Å². The first-order valence-electron chi connectivity index (χ1n) is 6.88. The predicted molar refractivity (Wildman–Crippen MR) is 79.4 cm³/mol. The molecule has 0 saturated heterocycles. The van der Waals surface area contributed by atoms with E-state index in [4.69, 9.17) is 4.74 Å². The van der Waals surface area contributed by atoms with Crippen LogP contribution in [0.3, 0.4) is 0 Å². The molecule has 1 aromatic heterocycles. The molecule has 4 heteroatoms. The van der Waals surface area contributed by atoms with Gasteiger partial charge in [0.05, 0.1) is 7.11 Å². The van der Waals surface area contributed by atoms with Crippen LogP contribution in [0.25, 0.3) is 0 Å². The summed E-state index contributed by atoms with van der Waals surface area (Å²) in [6.45, 7) is 6.43. The zero-order valence-electron chi connectivity index (χ0n) is 12.8. The monoisotopic (exact) mass is 265 g/mol. The second-order valence-corrected chi connectivity index (χ2v) is 5.68. The maximum absolute atomic E-state index is 5.06. The predicted octanol–water partition coefficient (Wildman–Crippen LogP) is 2.16. The number of aromatic nitrogens is 1. The fraction of sp³-hybridized carbons (Fsp3) is 0.667. The number of nitrogens with one attached hydrogen (secondary N) is 1. The molecule has 4 nitrogen and oxygen atoms in total. The van der Waals surface area contributed by atoms with Crippen LogP contribution in [0.5, 0.6) is 5.88 Å². The summed E-state index contributed by atoms with van der Waals surface area (Å²) < 4.78 is 5.06. The van der Waals surface area contributed by atoms with Gasteiger partial charge in [-0.05, 0) is 32.0 Å². The van der Waals surface area contributed by atoms with Gasteiger partial charge < -0.3 is 15.0 Å². The number of rotatable bonds is 8. The first-order valence-corrected chi connectivity index (χ1v) is 6.88. The molecule has 0 spiro atoms. The standard InChI is InChI=1S/C15H27N3O/c1-12(2)8-14(11-18(3)4)16-9-13-6-7-15(19-5)17-10-13/h6-7,10,12,14,16H,8-9,11H2,1-5H3. The summed E-state index contributed by atoms with van der Waals surface area (Å²) >= 11 is 0. The van der Waals surface area contributed by atoms with E-state index >= 15 is 0 Å². The molecule has 0 aliphatic carbocycles. The molecule has 1 heterocycles. The molecule has 0 amide bonds. The lowest BCUT2D eigenvalue weighted by Gasteiger charge is -2.24. The van der Waals surface area contributed by atoms with Crippen molar-refractivity contribution in [3.8, 4) is 5.88 Å². The lowest BCUT2D eigenvalue weighted by molar-refractivity contribution is 0.305. The van der Waals surface area contributed by atoms with E-state index in [-0.39, 0.29) is 0 Å². The molecular weight excluding hydrogens is 238 g/mol. The van der Waals surface area contributed by atoms with Crippen molar-refractivity contribution in [2.24, 2.45) is 5.92 Å². The van der Waals surface area contributed by atoms with Gasteiger partial charge in [-0.3, -0.25) is 0 Å². The molecular formula is C15H27N3O. The molecule has 0 aromatic carbocycles. The van der Waals surface area contributed by atoms with Gasteiger partial charge in [0, 0.05) is 31.4 Å². The molecule has 0 bridgehead atoms. The molecule has 0 radical (unpaired) electrons. The van der Waals surface area contributed by atoms with Crippen molar-refractivity contribution in [1.82, 2.24) is 15.2 Å². The van der Waals surface area contributed by atoms with Crippen molar-refractivity contribution >= 4 is 0 Å². The van der Waals surface area contributed by atoms with E-state index in [0.717, 1.165) is 13.1 Å². The summed E-state index contributed by atoms with van der Waals surface area (Å²) in [5.41, 5.74) is 1.19. The van der Waals surface area contributed by atoms with Crippen molar-refractivity contribution in [3.63, 3.8) is 0 Å². The molecule has 1 unspecified atom stereocenters. The topological polar surface area (TPSA) is 37.4 Å². The van der Waals surface area contributed by atoms with Crippen LogP contribution in [0.15, 0.2) is 18.3 Å². The first-order chi connectivity index (χ1) is 9.01. The SMILES string of the molecule is COc1ccc(CNC(CC(C)C)CN(C)C)cn1. The van der Waals surface area contributed by atoms with Crippen LogP contribution < -0.4 is 10.1 Å². The maximum Gasteiger partial charge on any atom is 0.212 e. The van der Waals surface area contributed by atoms with Gasteiger partial charge in [-0.1, -0.05) is 19.9 Å². The van der Waals surface area contributed by atoms with Gasteiger partial charge in [-0.25, -0.2) is 4.98 Å². The number of ether oxygens (including phenoxy) is 1. The van der Waals surface area contributed by atoms with Crippen molar-refractivity contribution < 1.29 is 4.74 Å². The Labute approximate surface area is 117 Å². The second kappa shape index (κ2) is 8.12. The zero-order valence-corrected chi connectivity index (χ0v) is 12.8. The van der Waals surface area contributed by atoms with E-state index in [1.165, 1.54) is 12.0 Å². The minimum atomic E-state index is 0.511. The number of pyridine rings is 1. The third kappa shape index (κ3) is 6.55. The van der Waals surface area contributed by atoms with E-state index in [9.17, 15) is 0 Å². The fourth-order valence-corrected chi connectivity index (χ4v) is 2.13. The largest absolute Gasteiger partial charge is 0.481 e. The molecule has 0 fully saturated rings. The molecule has 0 saturated carbocycles. The highest BCUT2D eigenvalue weighted by molar-refractivity contribution is 5.17. The molecule has 19 heavy (non-hydrogen) atoms. The summed E-state index contributed by atoms with van der Waals surface area (Å²) in [5.74, 6) is 1.36. The summed E-state index contributed by atoms with van der Waals surface area (Å²) in [5, 5.41) is 3.61. The highest BCUT2D eigenvalue weighted by Crippen LogP contribution is 2.09. The van der Waals surface area contributed by atoms with Gasteiger partial charge in [0.25, 0.3) is 0 Å². The molecule has 1 atom stereocenters. The van der Waals surface area contributed by atoms with Crippen LogP contribution in [-0.2, 0) is 6.54 Å². The lowest BCUT2D eigenvalue weighted by atomic mass is 10.0. The Morgan fingerprint density at radius 1 is 1.32 bits per heavy atom. The van der Waals surface area contributed by atoms with Crippen molar-refractivity contribution in [2.45, 2.75) is 32.9 Å². The number of hydrogen-bond donors (Lipinski definition) is 1. The quantitative estimate of drug-likeness (QED) is 0.781. The van der Waals surface area contributed by atoms with Gasteiger partial charge >= 0.3 is 0 Å². The van der Waals surface area contributed by atoms with Crippen LogP contribution in [0.2, 0.25) is 0 Å². The van der Waals surface area contributed by atoms with Crippen LogP contribution in [0.1, 0.15) is 25.8 Å². The summed E-state index contributed by atoms with van der Waals surface area (Å²) in [7, 11) is 5.86. The summed E-state index contributed by atoms with van der Waals surface area (Å²) in [6, 6.07) is 4.47. The normalized spacial score (nSPS) is 13.0. The highest BCUT2D eigenvalue weighted by Gasteiger charge is 2.11. The number of methoxy groups -OCH3 is 1. The highest BCUT2D eigenvalue weighted by atomic mass is 16.5. The Balaban J connectivity index is 2.49. The fourth-order valence-electron chi connectivity index (χ4n) is 2.13. The number of hydrogen-bond acceptors (Lipinski definition) is 4. The van der Waals surface area contributed by atoms with Crippen molar-refractivity contribution in [2.75, 3.05) is 27.7 Å². The Morgan fingerprint density at radius 3 is 2.53 bits per heavy atom. The molecule has 0 aliphatic heterocycles. The Morgan fingerprint density at radius 2 is 2.05 bits per heavy atom. The minimum absolute atomic E-state index is 0.511. The van der Waals surface area contributed by atoms with Gasteiger partial charge in [0.15, 0.2) is 0 Å². The number of likely N-dealkylation sites (N-methyl/N-ethyl adjacent to an activating group) is 1. The van der Waals surface area contributed by atoms with E-state index in [1.807, 2.05) is 12.3 Å². The first kappa shape index (κ1) is 15.9. The Bertz CT molecular complexity index is 339. The average Bonchev–Trinajstić information content (AvgIpc) is 2.35. The zero-order chi connectivity index (χ0) is 14.3. The molecule has 108 valence electrons. The van der Waals surface area contributed by atoms with E-state index < -0.39 is 0 Å². The molecule has 1 N–H and O–H groups in total. The van der Waals surface area contributed by atoms with Crippen LogP contribution in [0, 0.1) is 5.92 Å². The van der Waals surface area contributed by atoms with Crippen molar-refractivity contribution in [3.05, 3.63) is 23.9 Å². The Kier molecular flexibility index (Phi) is 6.81. The van der Waals surface area contributed by atoms with Gasteiger partial charge in [0.2, 0.25) is 5.88 Å². The van der Waals surface area contributed by atoms with Crippen LogP contribution in [0.4, 0.5) is 0 Å². The third-order valence-corrected chi connectivity index (χ3v) is 2.94. The molecule has 0 aliphatic rings. The molecule has 1 aromatic rings. The molecule has 1 rings (SSSR count). The summed E-state index contributed by atoms with van der Waals surface area (Å²) in [6.07, 6.45) is 3.05.